The molecule has 0 amide bonds. The SMILES string of the molecule is [CH2-]CCCCCCCC(=O)OC[C@H](COP(=O)(O)OCC[NH3+])OC(=O)CCCCCCCCCCCCC. The van der Waals surface area contributed by atoms with Gasteiger partial charge in [-0.3, -0.25) is 18.6 Å². The van der Waals surface area contributed by atoms with Crippen molar-refractivity contribution in [1.82, 2.24) is 0 Å². The zero-order chi connectivity index (χ0) is 28.3. The molecule has 4 N–H and O–H groups in total. The molecule has 0 aliphatic heterocycles. The van der Waals surface area contributed by atoms with Gasteiger partial charge in [0.05, 0.1) is 13.2 Å². The fourth-order valence-corrected chi connectivity index (χ4v) is 4.71. The van der Waals surface area contributed by atoms with E-state index in [-0.39, 0.29) is 26.1 Å². The minimum atomic E-state index is -4.31. The normalized spacial score (nSPS) is 13.7. The van der Waals surface area contributed by atoms with E-state index >= 15 is 0 Å². The number of quaternary nitrogens is 1. The predicted octanol–water partition coefficient (Wildman–Crippen LogP) is 6.08. The third-order valence-electron chi connectivity index (χ3n) is 6.17. The van der Waals surface area contributed by atoms with Gasteiger partial charge in [-0.05, 0) is 12.8 Å². The van der Waals surface area contributed by atoms with Gasteiger partial charge in [-0.1, -0.05) is 96.8 Å². The molecule has 0 saturated heterocycles. The lowest BCUT2D eigenvalue weighted by atomic mass is 10.1. The maximum absolute atomic E-state index is 12.4. The molecule has 10 heteroatoms. The molecule has 0 aromatic heterocycles. The van der Waals surface area contributed by atoms with Crippen molar-refractivity contribution in [2.24, 2.45) is 0 Å². The maximum Gasteiger partial charge on any atom is 0.472 e. The van der Waals surface area contributed by atoms with Gasteiger partial charge in [0.2, 0.25) is 0 Å². The average molecular weight is 566 g/mol. The Bertz CT molecular complexity index is 620. The number of esters is 2. The summed E-state index contributed by atoms with van der Waals surface area (Å²) in [6.45, 7) is 5.66. The highest BCUT2D eigenvalue weighted by atomic mass is 31.2. The Morgan fingerprint density at radius 1 is 0.763 bits per heavy atom. The minimum absolute atomic E-state index is 0.0408. The van der Waals surface area contributed by atoms with Crippen molar-refractivity contribution < 1.29 is 43.3 Å². The van der Waals surface area contributed by atoms with Crippen molar-refractivity contribution in [3.63, 3.8) is 0 Å². The van der Waals surface area contributed by atoms with E-state index in [1.54, 1.807) is 0 Å². The summed E-state index contributed by atoms with van der Waals surface area (Å²) in [4.78, 5) is 34.2. The topological polar surface area (TPSA) is 136 Å². The molecule has 0 aromatic carbocycles. The van der Waals surface area contributed by atoms with Crippen LogP contribution in [0.2, 0.25) is 0 Å². The molecule has 0 saturated carbocycles. The van der Waals surface area contributed by atoms with E-state index in [4.69, 9.17) is 18.5 Å². The van der Waals surface area contributed by atoms with Crippen molar-refractivity contribution in [2.75, 3.05) is 26.4 Å². The number of carbonyl (C=O) groups excluding carboxylic acids is 2. The van der Waals surface area contributed by atoms with Gasteiger partial charge in [0.1, 0.15) is 13.2 Å². The largest absolute Gasteiger partial charge is 0.472 e. The van der Waals surface area contributed by atoms with Crippen LogP contribution >= 0.6 is 7.82 Å². The van der Waals surface area contributed by atoms with Gasteiger partial charge >= 0.3 is 19.8 Å². The second kappa shape index (κ2) is 26.2. The van der Waals surface area contributed by atoms with Crippen molar-refractivity contribution in [3.05, 3.63) is 6.92 Å². The van der Waals surface area contributed by atoms with Gasteiger partial charge in [-0.15, -0.1) is 0 Å². The van der Waals surface area contributed by atoms with E-state index in [9.17, 15) is 19.0 Å². The van der Waals surface area contributed by atoms with Crippen LogP contribution in [-0.4, -0.2) is 49.3 Å². The standard InChI is InChI=1S/C28H55NO8P/c1-3-5-7-9-11-12-13-14-15-17-19-21-28(31)37-26(25-36-38(32,33)35-23-22-29)24-34-27(30)20-18-16-10-8-6-4-2/h26H,2-25,29H2,1H3,(H,32,33)/q-1/p+1/t26-/m1/s1. The molecule has 0 aromatic rings. The zero-order valence-corrected chi connectivity index (χ0v) is 24.9. The molecule has 38 heavy (non-hydrogen) atoms. The van der Waals surface area contributed by atoms with E-state index < -0.39 is 32.5 Å². The molecule has 0 spiro atoms. The summed E-state index contributed by atoms with van der Waals surface area (Å²) in [5, 5.41) is 0. The third kappa shape index (κ3) is 25.3. The summed E-state index contributed by atoms with van der Waals surface area (Å²) in [5.74, 6) is -0.837. The van der Waals surface area contributed by atoms with E-state index in [1.165, 1.54) is 51.4 Å². The Labute approximate surface area is 231 Å². The third-order valence-corrected chi connectivity index (χ3v) is 7.15. The Morgan fingerprint density at radius 2 is 1.26 bits per heavy atom. The first-order chi connectivity index (χ1) is 18.3. The second-order valence-electron chi connectivity index (χ2n) is 9.90. The predicted molar refractivity (Wildman–Crippen MR) is 149 cm³/mol. The number of hydrogen-bond donors (Lipinski definition) is 2. The molecule has 0 aliphatic carbocycles. The Balaban J connectivity index is 4.31. The van der Waals surface area contributed by atoms with E-state index in [1.807, 2.05) is 0 Å². The molecule has 0 radical (unpaired) electrons. The van der Waals surface area contributed by atoms with Crippen LogP contribution in [0.4, 0.5) is 0 Å². The lowest BCUT2D eigenvalue weighted by Gasteiger charge is -2.19. The molecular weight excluding hydrogens is 509 g/mol. The first-order valence-electron chi connectivity index (χ1n) is 14.9. The molecule has 0 rings (SSSR count). The number of phosphoric acid groups is 1. The maximum atomic E-state index is 12.4. The second-order valence-corrected chi connectivity index (χ2v) is 11.4. The highest BCUT2D eigenvalue weighted by molar-refractivity contribution is 7.47. The van der Waals surface area contributed by atoms with Crippen LogP contribution in [0.1, 0.15) is 129 Å². The Morgan fingerprint density at radius 3 is 1.79 bits per heavy atom. The zero-order valence-electron chi connectivity index (χ0n) is 24.0. The Kier molecular flexibility index (Phi) is 25.6. The number of ether oxygens (including phenoxy) is 2. The number of unbranched alkanes of at least 4 members (excludes halogenated alkanes) is 15. The summed E-state index contributed by atoms with van der Waals surface area (Å²) >= 11 is 0. The molecule has 0 heterocycles. The van der Waals surface area contributed by atoms with Gasteiger partial charge in [-0.25, -0.2) is 4.57 Å². The van der Waals surface area contributed by atoms with Gasteiger partial charge in [0.25, 0.3) is 0 Å². The summed E-state index contributed by atoms with van der Waals surface area (Å²) < 4.78 is 32.4. The lowest BCUT2D eigenvalue weighted by molar-refractivity contribution is -0.371. The minimum Gasteiger partial charge on any atom is -0.462 e. The van der Waals surface area contributed by atoms with Gasteiger partial charge < -0.3 is 27.0 Å². The van der Waals surface area contributed by atoms with Crippen LogP contribution in [0.5, 0.6) is 0 Å². The van der Waals surface area contributed by atoms with Crippen LogP contribution in [0.3, 0.4) is 0 Å². The highest BCUT2D eigenvalue weighted by Gasteiger charge is 2.26. The summed E-state index contributed by atoms with van der Waals surface area (Å²) in [6, 6.07) is 0. The molecule has 226 valence electrons. The van der Waals surface area contributed by atoms with Crippen molar-refractivity contribution in [1.29, 1.82) is 0 Å². The first kappa shape index (κ1) is 37.0. The summed E-state index contributed by atoms with van der Waals surface area (Å²) in [5.41, 5.74) is 3.54. The van der Waals surface area contributed by atoms with Gasteiger partial charge in [0.15, 0.2) is 6.10 Å². The molecule has 2 atom stereocenters. The smallest absolute Gasteiger partial charge is 0.462 e. The number of rotatable bonds is 28. The quantitative estimate of drug-likeness (QED) is 0.0504. The fourth-order valence-electron chi connectivity index (χ4n) is 3.92. The van der Waals surface area contributed by atoms with E-state index in [0.29, 0.717) is 13.0 Å². The lowest BCUT2D eigenvalue weighted by Crippen LogP contribution is -2.52. The van der Waals surface area contributed by atoms with E-state index in [2.05, 4.69) is 19.6 Å². The fraction of sp³-hybridized carbons (Fsp3) is 0.893. The Hall–Kier alpha value is -0.990. The molecule has 0 fully saturated rings. The van der Waals surface area contributed by atoms with Crippen LogP contribution < -0.4 is 5.73 Å². The molecule has 0 aliphatic rings. The van der Waals surface area contributed by atoms with Gasteiger partial charge in [-0.2, -0.15) is 6.42 Å². The monoisotopic (exact) mass is 565 g/mol. The van der Waals surface area contributed by atoms with Crippen LogP contribution in [0.25, 0.3) is 0 Å². The highest BCUT2D eigenvalue weighted by Crippen LogP contribution is 2.43. The first-order valence-corrected chi connectivity index (χ1v) is 16.4. The number of carbonyl (C=O) groups is 2. The van der Waals surface area contributed by atoms with Crippen molar-refractivity contribution in [2.45, 2.75) is 135 Å². The number of phosphoric ester groups is 1. The summed E-state index contributed by atoms with van der Waals surface area (Å²) in [6.07, 6.45) is 18.3. The van der Waals surface area contributed by atoms with Crippen LogP contribution in [0, 0.1) is 6.92 Å². The van der Waals surface area contributed by atoms with Crippen LogP contribution in [0.15, 0.2) is 0 Å². The molecule has 9 nitrogen and oxygen atoms in total. The van der Waals surface area contributed by atoms with Crippen molar-refractivity contribution in [3.8, 4) is 0 Å². The molecular formula is C28H56NO8P. The van der Waals surface area contributed by atoms with Crippen molar-refractivity contribution >= 4 is 19.8 Å². The van der Waals surface area contributed by atoms with Crippen LogP contribution in [-0.2, 0) is 32.7 Å². The number of hydrogen-bond acceptors (Lipinski definition) is 7. The molecule has 1 unspecified atom stereocenters. The average Bonchev–Trinajstić information content (AvgIpc) is 2.89. The van der Waals surface area contributed by atoms with Gasteiger partial charge in [0, 0.05) is 12.8 Å². The van der Waals surface area contributed by atoms with E-state index in [0.717, 1.165) is 51.4 Å². The molecule has 0 bridgehead atoms. The summed E-state index contributed by atoms with van der Waals surface area (Å²) in [7, 11) is -4.31.